The van der Waals surface area contributed by atoms with Crippen LogP contribution in [0.1, 0.15) is 173 Å². The van der Waals surface area contributed by atoms with E-state index in [1.807, 2.05) is 48.5 Å². The highest BCUT2D eigenvalue weighted by Gasteiger charge is 2.54. The second-order valence-corrected chi connectivity index (χ2v) is 21.7. The van der Waals surface area contributed by atoms with E-state index in [1.54, 1.807) is 60.5 Å². The second-order valence-electron chi connectivity index (χ2n) is 21.7. The molecular formula is C47H82N4O8. The van der Waals surface area contributed by atoms with E-state index < -0.39 is 76.2 Å². The van der Waals surface area contributed by atoms with Crippen LogP contribution in [0, 0.1) is 45.3 Å². The third kappa shape index (κ3) is 13.6. The number of nitrogens with zero attached hydrogens (tertiary/aromatic N) is 2. The van der Waals surface area contributed by atoms with Crippen molar-refractivity contribution in [3.05, 3.63) is 0 Å². The summed E-state index contributed by atoms with van der Waals surface area (Å²) in [5.74, 6) is -5.13. The lowest BCUT2D eigenvalue weighted by molar-refractivity contribution is -0.158. The number of hydrogen-bond acceptors (Lipinski definition) is 7. The van der Waals surface area contributed by atoms with Crippen molar-refractivity contribution < 1.29 is 38.7 Å². The van der Waals surface area contributed by atoms with Gasteiger partial charge in [0.25, 0.3) is 0 Å². The number of rotatable bonds is 19. The molecule has 2 aliphatic rings. The Morgan fingerprint density at radius 2 is 1.25 bits per heavy atom. The lowest BCUT2D eigenvalue weighted by Crippen LogP contribution is -2.62. The first-order chi connectivity index (χ1) is 27.0. The lowest BCUT2D eigenvalue weighted by Gasteiger charge is -2.42. The minimum atomic E-state index is -1.56. The minimum absolute atomic E-state index is 0.121. The van der Waals surface area contributed by atoms with Crippen LogP contribution in [-0.2, 0) is 33.6 Å². The molecule has 0 spiro atoms. The Kier molecular flexibility index (Phi) is 18.4. The van der Waals surface area contributed by atoms with Crippen molar-refractivity contribution in [3.8, 4) is 0 Å². The second kappa shape index (κ2) is 21.0. The Bertz CT molecular complexity index is 1490. The van der Waals surface area contributed by atoms with Crippen LogP contribution in [0.2, 0.25) is 0 Å². The fourth-order valence-electron chi connectivity index (χ4n) is 9.74. The van der Waals surface area contributed by atoms with Crippen LogP contribution in [-0.4, -0.2) is 94.3 Å². The smallest absolute Gasteiger partial charge is 0.312 e. The van der Waals surface area contributed by atoms with Crippen molar-refractivity contribution in [1.29, 1.82) is 0 Å². The summed E-state index contributed by atoms with van der Waals surface area (Å²) >= 11 is 0. The van der Waals surface area contributed by atoms with Crippen LogP contribution < -0.4 is 10.6 Å². The fourth-order valence-corrected chi connectivity index (χ4v) is 9.74. The number of hydrogen-bond donors (Lipinski definition) is 3. The Labute approximate surface area is 356 Å². The van der Waals surface area contributed by atoms with Gasteiger partial charge in [-0.15, -0.1) is 0 Å². The van der Waals surface area contributed by atoms with Gasteiger partial charge in [-0.25, -0.2) is 0 Å². The van der Waals surface area contributed by atoms with E-state index in [0.717, 1.165) is 19.3 Å². The molecule has 0 aromatic rings. The van der Waals surface area contributed by atoms with Crippen molar-refractivity contribution in [3.63, 3.8) is 0 Å². The molecule has 6 atom stereocenters. The molecule has 12 heteroatoms. The third-order valence-corrected chi connectivity index (χ3v) is 13.3. The van der Waals surface area contributed by atoms with Crippen molar-refractivity contribution >= 4 is 41.2 Å². The van der Waals surface area contributed by atoms with Gasteiger partial charge in [-0.1, -0.05) is 135 Å². The number of Topliss-reactive ketones (excluding diaryl/α,β-unsaturated/α-hetero) is 2. The van der Waals surface area contributed by atoms with Gasteiger partial charge in [-0.3, -0.25) is 33.6 Å². The predicted molar refractivity (Wildman–Crippen MR) is 232 cm³/mol. The first kappa shape index (κ1) is 51.8. The summed E-state index contributed by atoms with van der Waals surface area (Å²) in [6, 6.07) is -3.66. The molecule has 12 nitrogen and oxygen atoms in total. The van der Waals surface area contributed by atoms with Crippen LogP contribution in [0.25, 0.3) is 0 Å². The SMILES string of the molecule is CC[C@@H](N(C)C(=O)[C@@H](NC(=O)[C@@H](CC(=O)[C@@H](NC(=O)[C@H](C(C)C)N(C)C(=O)[C@H](C)CC1CCCCC1)C(C)(C)C)CC(=O)C(C)(C)C)C1(C(=O)O)CCCC1)C(C)(C)C. The van der Waals surface area contributed by atoms with E-state index in [4.69, 9.17) is 0 Å². The van der Waals surface area contributed by atoms with Gasteiger partial charge in [0.1, 0.15) is 17.9 Å². The molecule has 0 radical (unpaired) electrons. The van der Waals surface area contributed by atoms with Crippen molar-refractivity contribution in [2.24, 2.45) is 45.3 Å². The molecule has 0 saturated heterocycles. The Balaban J connectivity index is 2.52. The number of carboxylic acid groups (broad SMARTS) is 1. The number of nitrogens with one attached hydrogen (secondary N) is 2. The molecule has 2 rings (SSSR count). The number of carboxylic acids is 1. The monoisotopic (exact) mass is 831 g/mol. The summed E-state index contributed by atoms with van der Waals surface area (Å²) in [6.45, 7) is 24.2. The molecule has 0 aliphatic heterocycles. The van der Waals surface area contributed by atoms with Crippen LogP contribution in [0.3, 0.4) is 0 Å². The molecule has 2 fully saturated rings. The zero-order valence-corrected chi connectivity index (χ0v) is 39.5. The van der Waals surface area contributed by atoms with E-state index in [9.17, 15) is 38.7 Å². The molecule has 0 aromatic heterocycles. The lowest BCUT2D eigenvalue weighted by atomic mass is 9.75. The van der Waals surface area contributed by atoms with Gasteiger partial charge in [-0.2, -0.15) is 0 Å². The molecule has 0 bridgehead atoms. The summed E-state index contributed by atoms with van der Waals surface area (Å²) in [6.07, 6.45) is 7.90. The van der Waals surface area contributed by atoms with E-state index in [1.165, 1.54) is 24.2 Å². The van der Waals surface area contributed by atoms with Gasteiger partial charge in [0.15, 0.2) is 5.78 Å². The topological polar surface area (TPSA) is 170 Å². The van der Waals surface area contributed by atoms with Crippen LogP contribution in [0.15, 0.2) is 0 Å². The van der Waals surface area contributed by atoms with Gasteiger partial charge in [-0.05, 0) is 48.3 Å². The molecule has 0 unspecified atom stereocenters. The van der Waals surface area contributed by atoms with Crippen LogP contribution in [0.4, 0.5) is 0 Å². The quantitative estimate of drug-likeness (QED) is 0.120. The number of carbonyl (C=O) groups excluding carboxylic acids is 6. The van der Waals surface area contributed by atoms with Gasteiger partial charge < -0.3 is 25.5 Å². The standard InChI is InChI=1S/C47H82N4O8/c1-16-34(44(5,6)7)50(14)42(57)38(47(43(58)59)24-20-21-25-47)49-39(54)32(28-35(53)45(8,9)10)27-33(52)37(46(11,12)13)48-40(55)36(29(2)3)51(15)41(56)30(4)26-31-22-18-17-19-23-31/h29-32,34,36-38H,16-28H2,1-15H3,(H,48,55)(H,49,54)(H,58,59)/t30-,32+,34-,36+,37-,38-/m1/s1. The zero-order valence-electron chi connectivity index (χ0n) is 39.5. The van der Waals surface area contributed by atoms with Crippen molar-refractivity contribution in [2.45, 2.75) is 198 Å². The fraction of sp³-hybridized carbons (Fsp3) is 0.851. The molecule has 4 amide bonds. The zero-order chi connectivity index (χ0) is 45.4. The summed E-state index contributed by atoms with van der Waals surface area (Å²) in [5, 5.41) is 16.5. The van der Waals surface area contributed by atoms with E-state index in [2.05, 4.69) is 10.6 Å². The van der Waals surface area contributed by atoms with Gasteiger partial charge in [0.05, 0.1) is 17.4 Å². The van der Waals surface area contributed by atoms with E-state index in [0.29, 0.717) is 25.2 Å². The van der Waals surface area contributed by atoms with Crippen molar-refractivity contribution in [2.75, 3.05) is 14.1 Å². The maximum absolute atomic E-state index is 14.6. The first-order valence-corrected chi connectivity index (χ1v) is 22.4. The largest absolute Gasteiger partial charge is 0.481 e. The molecule has 2 saturated carbocycles. The van der Waals surface area contributed by atoms with Gasteiger partial charge in [0, 0.05) is 44.3 Å². The molecule has 0 heterocycles. The summed E-state index contributed by atoms with van der Waals surface area (Å²) < 4.78 is 0. The Hall–Kier alpha value is -3.31. The third-order valence-electron chi connectivity index (χ3n) is 13.3. The minimum Gasteiger partial charge on any atom is -0.481 e. The number of aliphatic carboxylic acids is 1. The maximum Gasteiger partial charge on any atom is 0.312 e. The average Bonchev–Trinajstić information content (AvgIpc) is 3.62. The normalized spacial score (nSPS) is 19.5. The number of carbonyl (C=O) groups is 7. The highest BCUT2D eigenvalue weighted by Crippen LogP contribution is 2.43. The highest BCUT2D eigenvalue weighted by molar-refractivity contribution is 5.99. The first-order valence-electron chi connectivity index (χ1n) is 22.4. The van der Waals surface area contributed by atoms with Gasteiger partial charge in [0.2, 0.25) is 23.6 Å². The molecule has 3 N–H and O–H groups in total. The molecule has 59 heavy (non-hydrogen) atoms. The summed E-state index contributed by atoms with van der Waals surface area (Å²) in [5.41, 5.74) is -3.60. The molecular weight excluding hydrogens is 749 g/mol. The summed E-state index contributed by atoms with van der Waals surface area (Å²) in [7, 11) is 3.28. The number of likely N-dealkylation sites (N-methyl/N-ethyl adjacent to an activating group) is 2. The van der Waals surface area contributed by atoms with Gasteiger partial charge >= 0.3 is 5.97 Å². The Morgan fingerprint density at radius 1 is 0.712 bits per heavy atom. The molecule has 338 valence electrons. The maximum atomic E-state index is 14.6. The average molecular weight is 831 g/mol. The van der Waals surface area contributed by atoms with E-state index in [-0.39, 0.29) is 54.2 Å². The molecule has 2 aliphatic carbocycles. The Morgan fingerprint density at radius 3 is 1.69 bits per heavy atom. The van der Waals surface area contributed by atoms with E-state index >= 15 is 0 Å². The van der Waals surface area contributed by atoms with Crippen LogP contribution >= 0.6 is 0 Å². The molecule has 0 aromatic carbocycles. The predicted octanol–water partition coefficient (Wildman–Crippen LogP) is 7.60. The van der Waals surface area contributed by atoms with Crippen LogP contribution in [0.5, 0.6) is 0 Å². The summed E-state index contributed by atoms with van der Waals surface area (Å²) in [4.78, 5) is 101. The highest BCUT2D eigenvalue weighted by atomic mass is 16.4. The number of ketones is 2. The van der Waals surface area contributed by atoms with Crippen molar-refractivity contribution in [1.82, 2.24) is 20.4 Å². The number of amides is 4.